The van der Waals surface area contributed by atoms with E-state index in [-0.39, 0.29) is 5.75 Å². The van der Waals surface area contributed by atoms with Gasteiger partial charge in [0.2, 0.25) is 0 Å². The third kappa shape index (κ3) is 2.33. The van der Waals surface area contributed by atoms with Gasteiger partial charge in [-0.05, 0) is 30.7 Å². The van der Waals surface area contributed by atoms with E-state index in [2.05, 4.69) is 4.98 Å². The van der Waals surface area contributed by atoms with E-state index in [0.29, 0.717) is 11.3 Å². The molecule has 0 radical (unpaired) electrons. The number of aromatic nitrogens is 1. The van der Waals surface area contributed by atoms with Gasteiger partial charge in [-0.3, -0.25) is 4.98 Å². The third-order valence-corrected chi connectivity index (χ3v) is 2.80. The molecule has 18 heavy (non-hydrogen) atoms. The Balaban J connectivity index is 2.43. The molecule has 1 unspecified atom stereocenters. The number of methoxy groups -OCH3 is 1. The smallest absolute Gasteiger partial charge is 0.170 e. The minimum atomic E-state index is -0.597. The Morgan fingerprint density at radius 2 is 2.11 bits per heavy atom. The average Bonchev–Trinajstić information content (AvgIpc) is 2.38. The first-order valence-corrected chi connectivity index (χ1v) is 5.64. The average molecular weight is 246 g/mol. The lowest BCUT2D eigenvalue weighted by Crippen LogP contribution is -2.15. The van der Waals surface area contributed by atoms with Crippen molar-refractivity contribution in [1.82, 2.24) is 4.98 Å². The molecule has 2 rings (SSSR count). The summed E-state index contributed by atoms with van der Waals surface area (Å²) >= 11 is 0. The van der Waals surface area contributed by atoms with Crippen molar-refractivity contribution in [2.75, 3.05) is 7.11 Å². The van der Waals surface area contributed by atoms with Crippen LogP contribution in [0.25, 0.3) is 0 Å². The van der Waals surface area contributed by atoms with Gasteiger partial charge < -0.3 is 10.5 Å². The number of hydrogen-bond acceptors (Lipinski definition) is 3. The third-order valence-electron chi connectivity index (χ3n) is 2.80. The van der Waals surface area contributed by atoms with E-state index in [9.17, 15) is 4.39 Å². The second-order valence-electron chi connectivity index (χ2n) is 4.10. The number of nitrogens with two attached hydrogens (primary N) is 1. The van der Waals surface area contributed by atoms with Crippen molar-refractivity contribution in [1.29, 1.82) is 0 Å². The van der Waals surface area contributed by atoms with Gasteiger partial charge in [-0.2, -0.15) is 0 Å². The Hall–Kier alpha value is -1.94. The summed E-state index contributed by atoms with van der Waals surface area (Å²) in [6.07, 6.45) is 1.67. The molecule has 1 atom stereocenters. The van der Waals surface area contributed by atoms with E-state index in [1.54, 1.807) is 24.4 Å². The zero-order valence-electron chi connectivity index (χ0n) is 10.4. The number of aryl methyl sites for hydroxylation is 1. The van der Waals surface area contributed by atoms with Gasteiger partial charge in [-0.25, -0.2) is 4.39 Å². The molecule has 2 aromatic rings. The van der Waals surface area contributed by atoms with Crippen LogP contribution in [0, 0.1) is 12.7 Å². The molecule has 94 valence electrons. The normalized spacial score (nSPS) is 12.2. The molecule has 1 aromatic heterocycles. The predicted molar refractivity (Wildman–Crippen MR) is 68.0 cm³/mol. The highest BCUT2D eigenvalue weighted by atomic mass is 19.1. The molecule has 0 fully saturated rings. The van der Waals surface area contributed by atoms with Crippen LogP contribution in [0.1, 0.15) is 22.9 Å². The van der Waals surface area contributed by atoms with Gasteiger partial charge in [0.05, 0.1) is 18.8 Å². The van der Waals surface area contributed by atoms with Crippen molar-refractivity contribution < 1.29 is 9.13 Å². The lowest BCUT2D eigenvalue weighted by Gasteiger charge is -2.14. The molecule has 0 amide bonds. The van der Waals surface area contributed by atoms with Crippen LogP contribution in [0.15, 0.2) is 36.5 Å². The maximum atomic E-state index is 14.1. The summed E-state index contributed by atoms with van der Waals surface area (Å²) in [6, 6.07) is 8.05. The number of hydrogen-bond donors (Lipinski definition) is 1. The molecule has 0 saturated carbocycles. The van der Waals surface area contributed by atoms with E-state index >= 15 is 0 Å². The predicted octanol–water partition coefficient (Wildman–Crippen LogP) is 2.59. The number of rotatable bonds is 3. The highest BCUT2D eigenvalue weighted by Crippen LogP contribution is 2.27. The van der Waals surface area contributed by atoms with Gasteiger partial charge >= 0.3 is 0 Å². The van der Waals surface area contributed by atoms with Crippen molar-refractivity contribution in [3.05, 3.63) is 59.2 Å². The number of ether oxygens (including phenoxy) is 1. The second-order valence-corrected chi connectivity index (χ2v) is 4.10. The van der Waals surface area contributed by atoms with Gasteiger partial charge in [0.15, 0.2) is 11.6 Å². The van der Waals surface area contributed by atoms with E-state index in [4.69, 9.17) is 10.5 Å². The van der Waals surface area contributed by atoms with Crippen LogP contribution in [0.5, 0.6) is 5.75 Å². The molecule has 2 N–H and O–H groups in total. The van der Waals surface area contributed by atoms with Gasteiger partial charge in [0.1, 0.15) is 0 Å². The lowest BCUT2D eigenvalue weighted by molar-refractivity contribution is 0.383. The Kier molecular flexibility index (Phi) is 3.58. The molecule has 0 aliphatic carbocycles. The summed E-state index contributed by atoms with van der Waals surface area (Å²) < 4.78 is 19.0. The van der Waals surface area contributed by atoms with Crippen LogP contribution < -0.4 is 10.5 Å². The zero-order chi connectivity index (χ0) is 13.1. The van der Waals surface area contributed by atoms with Gasteiger partial charge in [-0.15, -0.1) is 0 Å². The lowest BCUT2D eigenvalue weighted by atomic mass is 10.0. The van der Waals surface area contributed by atoms with E-state index in [0.717, 1.165) is 5.56 Å². The Morgan fingerprint density at radius 3 is 2.78 bits per heavy atom. The Bertz CT molecular complexity index is 557. The molecular weight excluding hydrogens is 231 g/mol. The first-order chi connectivity index (χ1) is 8.63. The summed E-state index contributed by atoms with van der Waals surface area (Å²) in [5, 5.41) is 0. The minimum absolute atomic E-state index is 0.190. The standard InChI is InChI=1S/C14H15FN2O/c1-9-6-7-17-11(8-9)14(16)10-4-3-5-12(18-2)13(10)15/h3-8,14H,16H2,1-2H3. The number of pyridine rings is 1. The Labute approximate surface area is 105 Å². The zero-order valence-corrected chi connectivity index (χ0v) is 10.4. The fourth-order valence-electron chi connectivity index (χ4n) is 1.81. The van der Waals surface area contributed by atoms with Gasteiger partial charge in [-0.1, -0.05) is 12.1 Å². The van der Waals surface area contributed by atoms with Crippen LogP contribution in [0.2, 0.25) is 0 Å². The van der Waals surface area contributed by atoms with Crippen LogP contribution in [0.3, 0.4) is 0 Å². The molecule has 0 bridgehead atoms. The van der Waals surface area contributed by atoms with Crippen molar-refractivity contribution in [2.24, 2.45) is 5.73 Å². The SMILES string of the molecule is COc1cccc(C(N)c2cc(C)ccn2)c1F. The van der Waals surface area contributed by atoms with E-state index in [1.807, 2.05) is 19.1 Å². The molecule has 0 aliphatic heterocycles. The molecule has 1 heterocycles. The summed E-state index contributed by atoms with van der Waals surface area (Å²) in [5.41, 5.74) is 8.11. The van der Waals surface area contributed by atoms with Crippen molar-refractivity contribution >= 4 is 0 Å². The quantitative estimate of drug-likeness (QED) is 0.905. The summed E-state index contributed by atoms with van der Waals surface area (Å²) in [6.45, 7) is 1.94. The maximum Gasteiger partial charge on any atom is 0.170 e. The van der Waals surface area contributed by atoms with Crippen LogP contribution in [-0.2, 0) is 0 Å². The summed E-state index contributed by atoms with van der Waals surface area (Å²) in [4.78, 5) is 4.18. The first-order valence-electron chi connectivity index (χ1n) is 5.64. The number of benzene rings is 1. The highest BCUT2D eigenvalue weighted by Gasteiger charge is 2.17. The molecule has 3 nitrogen and oxygen atoms in total. The van der Waals surface area contributed by atoms with Crippen molar-refractivity contribution in [2.45, 2.75) is 13.0 Å². The largest absolute Gasteiger partial charge is 0.494 e. The van der Waals surface area contributed by atoms with Crippen LogP contribution >= 0.6 is 0 Å². The first kappa shape index (κ1) is 12.5. The molecular formula is C14H15FN2O. The molecule has 0 saturated heterocycles. The molecule has 4 heteroatoms. The molecule has 0 spiro atoms. The fraction of sp³-hybridized carbons (Fsp3) is 0.214. The number of halogens is 1. The van der Waals surface area contributed by atoms with Gasteiger partial charge in [0.25, 0.3) is 0 Å². The summed E-state index contributed by atoms with van der Waals surface area (Å²) in [7, 11) is 1.43. The molecule has 0 aliphatic rings. The fourth-order valence-corrected chi connectivity index (χ4v) is 1.81. The van der Waals surface area contributed by atoms with E-state index < -0.39 is 11.9 Å². The summed E-state index contributed by atoms with van der Waals surface area (Å²) in [5.74, 6) is -0.244. The maximum absolute atomic E-state index is 14.1. The highest BCUT2D eigenvalue weighted by molar-refractivity contribution is 5.36. The van der Waals surface area contributed by atoms with Crippen LogP contribution in [0.4, 0.5) is 4.39 Å². The minimum Gasteiger partial charge on any atom is -0.494 e. The van der Waals surface area contributed by atoms with Crippen molar-refractivity contribution in [3.8, 4) is 5.75 Å². The Morgan fingerprint density at radius 1 is 1.33 bits per heavy atom. The second kappa shape index (κ2) is 5.14. The monoisotopic (exact) mass is 246 g/mol. The van der Waals surface area contributed by atoms with E-state index in [1.165, 1.54) is 7.11 Å². The van der Waals surface area contributed by atoms with Crippen LogP contribution in [-0.4, -0.2) is 12.1 Å². The molecule has 1 aromatic carbocycles. The van der Waals surface area contributed by atoms with Gasteiger partial charge in [0, 0.05) is 11.8 Å². The van der Waals surface area contributed by atoms with Crippen molar-refractivity contribution in [3.63, 3.8) is 0 Å². The topological polar surface area (TPSA) is 48.1 Å². The number of nitrogens with zero attached hydrogens (tertiary/aromatic N) is 1.